The lowest BCUT2D eigenvalue weighted by atomic mass is 9.79. The molecule has 4 atom stereocenters. The Bertz CT molecular complexity index is 1250. The van der Waals surface area contributed by atoms with Gasteiger partial charge in [-0.1, -0.05) is 72.8 Å². The number of aromatic amines is 1. The molecule has 3 heterocycles. The van der Waals surface area contributed by atoms with Gasteiger partial charge in [-0.2, -0.15) is 5.10 Å². The summed E-state index contributed by atoms with van der Waals surface area (Å²) in [4.78, 5) is 16.5. The quantitative estimate of drug-likeness (QED) is 0.514. The van der Waals surface area contributed by atoms with Crippen molar-refractivity contribution >= 4 is 5.91 Å². The van der Waals surface area contributed by atoms with Gasteiger partial charge in [0, 0.05) is 37.3 Å². The lowest BCUT2D eigenvalue weighted by Gasteiger charge is -2.42. The molecule has 2 aliphatic heterocycles. The van der Waals surface area contributed by atoms with Crippen LogP contribution in [0.2, 0.25) is 0 Å². The Hall–Kier alpha value is -3.44. The summed E-state index contributed by atoms with van der Waals surface area (Å²) in [5.74, 6) is 0.855. The van der Waals surface area contributed by atoms with Crippen LogP contribution in [0.15, 0.2) is 90.8 Å². The smallest absolute Gasteiger partial charge is 0.228 e. The van der Waals surface area contributed by atoms with Crippen molar-refractivity contribution in [3.8, 4) is 11.1 Å². The first-order chi connectivity index (χ1) is 17.8. The monoisotopic (exact) mass is 478 g/mol. The highest BCUT2D eigenvalue weighted by atomic mass is 16.2. The average molecular weight is 479 g/mol. The highest BCUT2D eigenvalue weighted by Crippen LogP contribution is 2.40. The molecule has 0 unspecified atom stereocenters. The fraction of sp³-hybridized carbons (Fsp3) is 0.355. The zero-order valence-electron chi connectivity index (χ0n) is 20.6. The first kappa shape index (κ1) is 23.0. The maximum Gasteiger partial charge on any atom is 0.228 e. The predicted octanol–water partition coefficient (Wildman–Crippen LogP) is 5.43. The SMILES string of the molecule is O=C([C@@H]1CNC[C@H]1c1ccccc1-c1cn[nH]c1)N1CC[C@H](c2ccccc2)C[C@@H]1C1=CCCC=C1. The van der Waals surface area contributed by atoms with Gasteiger partial charge in [0.1, 0.15) is 0 Å². The molecular formula is C31H34N4O. The number of carbonyl (C=O) groups excluding carboxylic acids is 1. The van der Waals surface area contributed by atoms with Gasteiger partial charge in [-0.05, 0) is 53.9 Å². The second kappa shape index (κ2) is 10.3. The van der Waals surface area contributed by atoms with Crippen molar-refractivity contribution in [3.63, 3.8) is 0 Å². The maximum absolute atomic E-state index is 14.3. The number of piperidine rings is 1. The van der Waals surface area contributed by atoms with Crippen LogP contribution in [0.5, 0.6) is 0 Å². The van der Waals surface area contributed by atoms with Crippen LogP contribution >= 0.6 is 0 Å². The molecule has 2 aromatic carbocycles. The Labute approximate surface area is 213 Å². The molecule has 2 N–H and O–H groups in total. The highest BCUT2D eigenvalue weighted by molar-refractivity contribution is 5.82. The summed E-state index contributed by atoms with van der Waals surface area (Å²) < 4.78 is 0. The molecule has 1 aromatic heterocycles. The summed E-state index contributed by atoms with van der Waals surface area (Å²) in [5, 5.41) is 10.6. The van der Waals surface area contributed by atoms with E-state index in [9.17, 15) is 4.79 Å². The molecule has 2 fully saturated rings. The summed E-state index contributed by atoms with van der Waals surface area (Å²) in [7, 11) is 0. The number of nitrogens with zero attached hydrogens (tertiary/aromatic N) is 2. The van der Waals surface area contributed by atoms with Crippen molar-refractivity contribution in [3.05, 3.63) is 102 Å². The molecule has 36 heavy (non-hydrogen) atoms. The van der Waals surface area contributed by atoms with Gasteiger partial charge in [0.15, 0.2) is 0 Å². The second-order valence-electron chi connectivity index (χ2n) is 10.3. The number of amides is 1. The van der Waals surface area contributed by atoms with Gasteiger partial charge in [-0.3, -0.25) is 9.89 Å². The molecule has 0 radical (unpaired) electrons. The third-order valence-corrected chi connectivity index (χ3v) is 8.27. The Morgan fingerprint density at radius 2 is 1.86 bits per heavy atom. The molecule has 1 aliphatic carbocycles. The molecule has 0 bridgehead atoms. The molecule has 3 aromatic rings. The summed E-state index contributed by atoms with van der Waals surface area (Å²) >= 11 is 0. The molecule has 5 heteroatoms. The Morgan fingerprint density at radius 1 is 1.00 bits per heavy atom. The molecule has 184 valence electrons. The molecule has 2 saturated heterocycles. The van der Waals surface area contributed by atoms with E-state index in [1.807, 2.05) is 12.4 Å². The van der Waals surface area contributed by atoms with E-state index in [1.165, 1.54) is 16.7 Å². The largest absolute Gasteiger partial charge is 0.335 e. The van der Waals surface area contributed by atoms with Gasteiger partial charge in [0.25, 0.3) is 0 Å². The van der Waals surface area contributed by atoms with E-state index in [1.54, 1.807) is 0 Å². The molecule has 3 aliphatic rings. The minimum absolute atomic E-state index is 0.0676. The summed E-state index contributed by atoms with van der Waals surface area (Å²) in [6.07, 6.45) is 14.8. The molecule has 0 saturated carbocycles. The lowest BCUT2D eigenvalue weighted by molar-refractivity contribution is -0.138. The minimum Gasteiger partial charge on any atom is -0.335 e. The van der Waals surface area contributed by atoms with E-state index < -0.39 is 0 Å². The fourth-order valence-electron chi connectivity index (χ4n) is 6.41. The number of rotatable bonds is 5. The van der Waals surface area contributed by atoms with Crippen LogP contribution in [0, 0.1) is 5.92 Å². The van der Waals surface area contributed by atoms with Gasteiger partial charge >= 0.3 is 0 Å². The van der Waals surface area contributed by atoms with Gasteiger partial charge in [-0.15, -0.1) is 0 Å². The van der Waals surface area contributed by atoms with Gasteiger partial charge in [0.2, 0.25) is 5.91 Å². The Kier molecular flexibility index (Phi) is 6.56. The third-order valence-electron chi connectivity index (χ3n) is 8.27. The lowest BCUT2D eigenvalue weighted by Crippen LogP contribution is -2.50. The number of allylic oxidation sites excluding steroid dienone is 2. The van der Waals surface area contributed by atoms with Crippen molar-refractivity contribution in [1.29, 1.82) is 0 Å². The highest BCUT2D eigenvalue weighted by Gasteiger charge is 2.42. The Balaban J connectivity index is 1.29. The van der Waals surface area contributed by atoms with Crippen molar-refractivity contribution in [2.75, 3.05) is 19.6 Å². The summed E-state index contributed by atoms with van der Waals surface area (Å²) in [6, 6.07) is 19.5. The summed E-state index contributed by atoms with van der Waals surface area (Å²) in [5.41, 5.74) is 6.17. The number of hydrogen-bond acceptors (Lipinski definition) is 3. The van der Waals surface area contributed by atoms with E-state index in [-0.39, 0.29) is 17.9 Å². The number of H-pyrrole nitrogens is 1. The molecular weight excluding hydrogens is 444 g/mol. The zero-order chi connectivity index (χ0) is 24.3. The van der Waals surface area contributed by atoms with Crippen LogP contribution in [-0.2, 0) is 4.79 Å². The van der Waals surface area contributed by atoms with Crippen LogP contribution in [0.4, 0.5) is 0 Å². The maximum atomic E-state index is 14.3. The van der Waals surface area contributed by atoms with E-state index in [2.05, 4.69) is 93.2 Å². The topological polar surface area (TPSA) is 61.0 Å². The molecule has 6 rings (SSSR count). The van der Waals surface area contributed by atoms with Gasteiger partial charge in [-0.25, -0.2) is 0 Å². The van der Waals surface area contributed by atoms with Crippen molar-refractivity contribution in [2.45, 2.75) is 43.6 Å². The van der Waals surface area contributed by atoms with Crippen LogP contribution in [0.25, 0.3) is 11.1 Å². The number of benzene rings is 2. The van der Waals surface area contributed by atoms with Gasteiger partial charge in [0.05, 0.1) is 18.2 Å². The number of nitrogens with one attached hydrogen (secondary N) is 2. The number of likely N-dealkylation sites (tertiary alicyclic amines) is 1. The van der Waals surface area contributed by atoms with Crippen LogP contribution in [0.1, 0.15) is 48.6 Å². The van der Waals surface area contributed by atoms with Crippen LogP contribution < -0.4 is 5.32 Å². The van der Waals surface area contributed by atoms with Gasteiger partial charge < -0.3 is 10.2 Å². The summed E-state index contributed by atoms with van der Waals surface area (Å²) in [6.45, 7) is 2.35. The molecule has 1 amide bonds. The fourth-order valence-corrected chi connectivity index (χ4v) is 6.41. The van der Waals surface area contributed by atoms with Crippen molar-refractivity contribution in [1.82, 2.24) is 20.4 Å². The van der Waals surface area contributed by atoms with Crippen LogP contribution in [0.3, 0.4) is 0 Å². The van der Waals surface area contributed by atoms with Crippen molar-refractivity contribution in [2.24, 2.45) is 5.92 Å². The molecule has 0 spiro atoms. The van der Waals surface area contributed by atoms with E-state index in [0.29, 0.717) is 11.8 Å². The van der Waals surface area contributed by atoms with Crippen molar-refractivity contribution < 1.29 is 4.79 Å². The first-order valence-corrected chi connectivity index (χ1v) is 13.3. The van der Waals surface area contributed by atoms with Crippen LogP contribution in [-0.4, -0.2) is 46.7 Å². The number of hydrogen-bond donors (Lipinski definition) is 2. The first-order valence-electron chi connectivity index (χ1n) is 13.3. The Morgan fingerprint density at radius 3 is 2.67 bits per heavy atom. The second-order valence-corrected chi connectivity index (χ2v) is 10.3. The minimum atomic E-state index is -0.0676. The third kappa shape index (κ3) is 4.44. The number of carbonyl (C=O) groups is 1. The predicted molar refractivity (Wildman–Crippen MR) is 143 cm³/mol. The average Bonchev–Trinajstić information content (AvgIpc) is 3.66. The van der Waals surface area contributed by atoms with E-state index in [0.717, 1.165) is 56.4 Å². The standard InChI is InChI=1S/C31H34N4O/c36-31(29-21-32-20-28(29)27-14-8-7-13-26(27)25-18-33-34-19-25)35-16-15-24(22-9-3-1-4-10-22)17-30(35)23-11-5-2-6-12-23/h1,3-5,7-14,18-19,24,28-30,32H,2,6,15-17,20-21H2,(H,33,34)/t24-,28-,29+,30+/m0/s1. The van der Waals surface area contributed by atoms with E-state index in [4.69, 9.17) is 0 Å². The number of aromatic nitrogens is 2. The zero-order valence-corrected chi connectivity index (χ0v) is 20.6. The van der Waals surface area contributed by atoms with E-state index >= 15 is 0 Å². The molecule has 5 nitrogen and oxygen atoms in total. The normalized spacial score (nSPS) is 26.1.